The summed E-state index contributed by atoms with van der Waals surface area (Å²) in [5.41, 5.74) is 0. The Morgan fingerprint density at radius 3 is 0.696 bits per heavy atom. The van der Waals surface area contributed by atoms with E-state index < -0.39 is 97.5 Å². The van der Waals surface area contributed by atoms with Crippen molar-refractivity contribution in [2.75, 3.05) is 39.6 Å². The van der Waals surface area contributed by atoms with E-state index in [1.165, 1.54) is 225 Å². The van der Waals surface area contributed by atoms with E-state index in [0.29, 0.717) is 25.7 Å². The number of phosphoric ester groups is 2. The van der Waals surface area contributed by atoms with Crippen molar-refractivity contribution in [1.29, 1.82) is 0 Å². The van der Waals surface area contributed by atoms with Crippen molar-refractivity contribution in [2.45, 2.75) is 446 Å². The Labute approximate surface area is 626 Å². The van der Waals surface area contributed by atoms with E-state index in [9.17, 15) is 43.2 Å². The van der Waals surface area contributed by atoms with Gasteiger partial charge in [0, 0.05) is 25.7 Å². The fraction of sp³-hybridized carbons (Fsp3) is 0.952. The minimum atomic E-state index is -4.96. The molecule has 0 spiro atoms. The van der Waals surface area contributed by atoms with E-state index in [0.717, 1.165) is 120 Å². The van der Waals surface area contributed by atoms with Crippen LogP contribution < -0.4 is 0 Å². The summed E-state index contributed by atoms with van der Waals surface area (Å²) >= 11 is 0. The zero-order valence-electron chi connectivity index (χ0n) is 67.2. The van der Waals surface area contributed by atoms with Gasteiger partial charge >= 0.3 is 39.5 Å². The topological polar surface area (TPSA) is 237 Å². The van der Waals surface area contributed by atoms with Crippen LogP contribution in [-0.4, -0.2) is 96.7 Å². The van der Waals surface area contributed by atoms with Gasteiger partial charge in [-0.25, -0.2) is 9.13 Å². The van der Waals surface area contributed by atoms with Crippen LogP contribution in [0.4, 0.5) is 0 Å². The molecule has 0 amide bonds. The zero-order chi connectivity index (χ0) is 75.3. The Hall–Kier alpha value is -1.94. The summed E-state index contributed by atoms with van der Waals surface area (Å²) in [5.74, 6) is 1.04. The molecule has 7 atom stereocenters. The van der Waals surface area contributed by atoms with Crippen molar-refractivity contribution in [1.82, 2.24) is 0 Å². The number of ether oxygens (including phenoxy) is 4. The van der Waals surface area contributed by atoms with Gasteiger partial charge in [0.2, 0.25) is 0 Å². The largest absolute Gasteiger partial charge is 0.472 e. The number of unbranched alkanes of at least 4 members (excludes halogenated alkanes) is 44. The SMILES string of the molecule is CCC(C)CCCCCCCCCCCCC(=O)O[C@H](COC(=O)CCCCCCCCC(C)CC)COP(=O)(O)OC[C@H](O)COP(=O)(O)OC[C@@H](COC(=O)CCCCCCCCCCCCCCCCC(C)C)OC(=O)CCCCCCCCCCCCCCCCCCCCC(C)C. The first kappa shape index (κ1) is 100. The molecular weight excluding hydrogens is 1330 g/mol. The Bertz CT molecular complexity index is 1990. The van der Waals surface area contributed by atoms with Crippen molar-refractivity contribution in [2.24, 2.45) is 23.7 Å². The van der Waals surface area contributed by atoms with Gasteiger partial charge in [-0.3, -0.25) is 37.3 Å². The molecule has 0 rings (SSSR count). The minimum absolute atomic E-state index is 0.105. The van der Waals surface area contributed by atoms with Gasteiger partial charge in [0.05, 0.1) is 26.4 Å². The number of carbonyl (C=O) groups excluding carboxylic acids is 4. The van der Waals surface area contributed by atoms with Crippen LogP contribution in [0, 0.1) is 23.7 Å². The van der Waals surface area contributed by atoms with Gasteiger partial charge < -0.3 is 33.8 Å². The molecule has 0 fully saturated rings. The second-order valence-corrected chi connectivity index (χ2v) is 34.2. The number of aliphatic hydroxyl groups is 1. The lowest BCUT2D eigenvalue weighted by Gasteiger charge is -2.21. The minimum Gasteiger partial charge on any atom is -0.462 e. The highest BCUT2D eigenvalue weighted by atomic mass is 31.2. The van der Waals surface area contributed by atoms with Crippen molar-refractivity contribution >= 4 is 39.5 Å². The molecule has 0 saturated heterocycles. The van der Waals surface area contributed by atoms with E-state index in [4.69, 9.17) is 37.0 Å². The Morgan fingerprint density at radius 1 is 0.275 bits per heavy atom. The molecule has 19 heteroatoms. The molecule has 0 heterocycles. The lowest BCUT2D eigenvalue weighted by atomic mass is 9.99. The lowest BCUT2D eigenvalue weighted by molar-refractivity contribution is -0.161. The van der Waals surface area contributed by atoms with E-state index in [1.54, 1.807) is 0 Å². The van der Waals surface area contributed by atoms with Crippen LogP contribution in [0.3, 0.4) is 0 Å². The third kappa shape index (κ3) is 73.6. The maximum atomic E-state index is 13.1. The van der Waals surface area contributed by atoms with Crippen molar-refractivity contribution < 1.29 is 80.2 Å². The molecular formula is C83H162O17P2. The summed E-state index contributed by atoms with van der Waals surface area (Å²) in [5, 5.41) is 10.7. The average molecular weight is 1490 g/mol. The van der Waals surface area contributed by atoms with Crippen molar-refractivity contribution in [3.8, 4) is 0 Å². The molecule has 0 radical (unpaired) electrons. The van der Waals surface area contributed by atoms with Gasteiger partial charge in [-0.15, -0.1) is 0 Å². The number of rotatable bonds is 80. The standard InChI is InChI=1S/C83H162O17P2/c1-9-75(7)61-53-45-37-31-27-28-34-40-50-58-66-83(88)100-79(70-94-81(86)64-56-48-42-41-46-54-62-76(8)10-2)72-98-102(91,92)96-68-77(84)67-95-101(89,90)97-71-78(69-93-80(85)63-55-47-38-32-25-21-18-17-20-24-30-36-44-52-60-74(5)6)99-82(87)65-57-49-39-33-26-22-16-14-12-11-13-15-19-23-29-35-43-51-59-73(3)4/h73-79,84H,9-72H2,1-8H3,(H,89,90)(H,91,92)/t75?,76?,77-,78-,79-/m1/s1. The van der Waals surface area contributed by atoms with Gasteiger partial charge in [-0.1, -0.05) is 376 Å². The first-order chi connectivity index (χ1) is 49.2. The molecule has 17 nitrogen and oxygen atoms in total. The summed E-state index contributed by atoms with van der Waals surface area (Å²) in [6.07, 6.45) is 59.7. The van der Waals surface area contributed by atoms with Crippen LogP contribution in [0.15, 0.2) is 0 Å². The summed E-state index contributed by atoms with van der Waals surface area (Å²) in [6.45, 7) is 14.3. The number of esters is 4. The normalized spacial score (nSPS) is 14.5. The molecule has 0 aromatic carbocycles. The van der Waals surface area contributed by atoms with Gasteiger partial charge in [0.15, 0.2) is 12.2 Å². The molecule has 606 valence electrons. The Balaban J connectivity index is 5.24. The summed E-state index contributed by atoms with van der Waals surface area (Å²) < 4.78 is 68.8. The Morgan fingerprint density at radius 2 is 0.471 bits per heavy atom. The highest BCUT2D eigenvalue weighted by molar-refractivity contribution is 7.47. The van der Waals surface area contributed by atoms with E-state index in [1.807, 2.05) is 0 Å². The molecule has 0 aliphatic rings. The first-order valence-corrected chi connectivity index (χ1v) is 45.8. The molecule has 4 unspecified atom stereocenters. The third-order valence-corrected chi connectivity index (χ3v) is 21.9. The van der Waals surface area contributed by atoms with E-state index >= 15 is 0 Å². The van der Waals surface area contributed by atoms with Crippen LogP contribution in [0.5, 0.6) is 0 Å². The van der Waals surface area contributed by atoms with Crippen molar-refractivity contribution in [3.63, 3.8) is 0 Å². The summed E-state index contributed by atoms with van der Waals surface area (Å²) in [7, 11) is -9.93. The van der Waals surface area contributed by atoms with Gasteiger partial charge in [-0.05, 0) is 49.4 Å². The van der Waals surface area contributed by atoms with Crippen LogP contribution in [0.1, 0.15) is 428 Å². The summed E-state index contributed by atoms with van der Waals surface area (Å²) in [6, 6.07) is 0. The maximum absolute atomic E-state index is 13.1. The second-order valence-electron chi connectivity index (χ2n) is 31.3. The van der Waals surface area contributed by atoms with Crippen LogP contribution in [0.25, 0.3) is 0 Å². The van der Waals surface area contributed by atoms with Gasteiger partial charge in [0.25, 0.3) is 0 Å². The quantitative estimate of drug-likeness (QED) is 0.0222. The third-order valence-electron chi connectivity index (χ3n) is 20.0. The lowest BCUT2D eigenvalue weighted by Crippen LogP contribution is -2.30. The zero-order valence-corrected chi connectivity index (χ0v) is 69.0. The predicted molar refractivity (Wildman–Crippen MR) is 418 cm³/mol. The predicted octanol–water partition coefficient (Wildman–Crippen LogP) is 24.8. The smallest absolute Gasteiger partial charge is 0.462 e. The molecule has 102 heavy (non-hydrogen) atoms. The molecule has 0 bridgehead atoms. The number of hydrogen-bond donors (Lipinski definition) is 3. The molecule has 0 aliphatic heterocycles. The fourth-order valence-electron chi connectivity index (χ4n) is 12.7. The fourth-order valence-corrected chi connectivity index (χ4v) is 14.3. The van der Waals surface area contributed by atoms with Gasteiger partial charge in [-0.2, -0.15) is 0 Å². The molecule has 0 aliphatic carbocycles. The molecule has 0 saturated carbocycles. The first-order valence-electron chi connectivity index (χ1n) is 42.8. The number of aliphatic hydroxyl groups excluding tert-OH is 1. The molecule has 3 N–H and O–H groups in total. The number of phosphoric acid groups is 2. The van der Waals surface area contributed by atoms with E-state index in [-0.39, 0.29) is 25.7 Å². The van der Waals surface area contributed by atoms with Crippen LogP contribution in [0.2, 0.25) is 0 Å². The molecule has 0 aromatic heterocycles. The Kier molecular flexibility index (Phi) is 70.6. The monoisotopic (exact) mass is 1490 g/mol. The van der Waals surface area contributed by atoms with Crippen molar-refractivity contribution in [3.05, 3.63) is 0 Å². The summed E-state index contributed by atoms with van der Waals surface area (Å²) in [4.78, 5) is 73.1. The second kappa shape index (κ2) is 72.0. The number of hydrogen-bond acceptors (Lipinski definition) is 15. The highest BCUT2D eigenvalue weighted by Gasteiger charge is 2.30. The van der Waals surface area contributed by atoms with Crippen LogP contribution >= 0.6 is 15.6 Å². The number of carbonyl (C=O) groups is 4. The van der Waals surface area contributed by atoms with Gasteiger partial charge in [0.1, 0.15) is 19.3 Å². The average Bonchev–Trinajstić information content (AvgIpc) is 0.912. The molecule has 0 aromatic rings. The van der Waals surface area contributed by atoms with E-state index in [2.05, 4.69) is 55.4 Å². The van der Waals surface area contributed by atoms with Crippen LogP contribution in [-0.2, 0) is 65.4 Å². The highest BCUT2D eigenvalue weighted by Crippen LogP contribution is 2.45. The maximum Gasteiger partial charge on any atom is 0.472 e.